The Balaban J connectivity index is 1.70. The molecule has 0 saturated heterocycles. The fraction of sp³-hybridized carbons (Fsp3) is 0.333. The molecule has 1 aliphatic heterocycles. The summed E-state index contributed by atoms with van der Waals surface area (Å²) in [5.41, 5.74) is 6.02. The predicted molar refractivity (Wildman–Crippen MR) is 97.0 cm³/mol. The fourth-order valence-electron chi connectivity index (χ4n) is 4.06. The van der Waals surface area contributed by atoms with Gasteiger partial charge in [0.25, 0.3) is 0 Å². The second-order valence-electron chi connectivity index (χ2n) is 6.74. The SMILES string of the molecule is Fc1ccccc1-c1ccccc1N1NC=CC1C1CCCCC1. The molecular formula is C21H23FN2. The molecule has 0 amide bonds. The molecule has 0 bridgehead atoms. The molecule has 1 fully saturated rings. The Morgan fingerprint density at radius 3 is 2.38 bits per heavy atom. The van der Waals surface area contributed by atoms with Crippen LogP contribution in [0.1, 0.15) is 32.1 Å². The molecule has 1 N–H and O–H groups in total. The monoisotopic (exact) mass is 322 g/mol. The van der Waals surface area contributed by atoms with E-state index in [-0.39, 0.29) is 5.82 Å². The normalized spacial score (nSPS) is 21.0. The number of benzene rings is 2. The second kappa shape index (κ2) is 6.68. The van der Waals surface area contributed by atoms with Crippen molar-refractivity contribution >= 4 is 5.69 Å². The van der Waals surface area contributed by atoms with Crippen LogP contribution in [0, 0.1) is 11.7 Å². The maximum Gasteiger partial charge on any atom is 0.131 e. The van der Waals surface area contributed by atoms with Crippen LogP contribution in [0.25, 0.3) is 11.1 Å². The van der Waals surface area contributed by atoms with Crippen LogP contribution in [-0.4, -0.2) is 6.04 Å². The van der Waals surface area contributed by atoms with Gasteiger partial charge in [0.15, 0.2) is 0 Å². The number of hydrogen-bond donors (Lipinski definition) is 1. The fourth-order valence-corrected chi connectivity index (χ4v) is 4.06. The van der Waals surface area contributed by atoms with E-state index in [2.05, 4.69) is 22.6 Å². The van der Waals surface area contributed by atoms with Crippen molar-refractivity contribution in [3.8, 4) is 11.1 Å². The van der Waals surface area contributed by atoms with Crippen LogP contribution in [0.15, 0.2) is 60.8 Å². The molecule has 1 unspecified atom stereocenters. The Hall–Kier alpha value is -2.29. The first-order chi connectivity index (χ1) is 11.8. The van der Waals surface area contributed by atoms with Crippen LogP contribution in [-0.2, 0) is 0 Å². The van der Waals surface area contributed by atoms with Gasteiger partial charge in [-0.05, 0) is 37.0 Å². The zero-order chi connectivity index (χ0) is 16.4. The number of rotatable bonds is 3. The summed E-state index contributed by atoms with van der Waals surface area (Å²) < 4.78 is 14.3. The minimum atomic E-state index is -0.175. The summed E-state index contributed by atoms with van der Waals surface area (Å²) in [6.45, 7) is 0. The van der Waals surface area contributed by atoms with Gasteiger partial charge >= 0.3 is 0 Å². The summed E-state index contributed by atoms with van der Waals surface area (Å²) in [6.07, 6.45) is 10.8. The first-order valence-electron chi connectivity index (χ1n) is 8.90. The lowest BCUT2D eigenvalue weighted by atomic mass is 9.83. The first kappa shape index (κ1) is 15.3. The zero-order valence-electron chi connectivity index (χ0n) is 13.8. The molecule has 2 aliphatic rings. The van der Waals surface area contributed by atoms with E-state index in [9.17, 15) is 4.39 Å². The Bertz CT molecular complexity index is 734. The highest BCUT2D eigenvalue weighted by molar-refractivity contribution is 5.79. The van der Waals surface area contributed by atoms with E-state index >= 15 is 0 Å². The molecule has 24 heavy (non-hydrogen) atoms. The van der Waals surface area contributed by atoms with Gasteiger partial charge < -0.3 is 5.43 Å². The van der Waals surface area contributed by atoms with Gasteiger partial charge in [-0.2, -0.15) is 0 Å². The molecule has 4 rings (SSSR count). The maximum absolute atomic E-state index is 14.3. The van der Waals surface area contributed by atoms with Crippen LogP contribution in [0.5, 0.6) is 0 Å². The predicted octanol–water partition coefficient (Wildman–Crippen LogP) is 5.28. The van der Waals surface area contributed by atoms with E-state index in [4.69, 9.17) is 0 Å². The molecule has 0 spiro atoms. The number of para-hydroxylation sites is 1. The van der Waals surface area contributed by atoms with E-state index in [0.717, 1.165) is 11.3 Å². The van der Waals surface area contributed by atoms with Crippen molar-refractivity contribution < 1.29 is 4.39 Å². The van der Waals surface area contributed by atoms with Crippen molar-refractivity contribution in [1.29, 1.82) is 0 Å². The first-order valence-corrected chi connectivity index (χ1v) is 8.90. The van der Waals surface area contributed by atoms with Crippen LogP contribution < -0.4 is 10.4 Å². The number of hydrogen-bond acceptors (Lipinski definition) is 2. The number of halogens is 1. The average Bonchev–Trinajstić information content (AvgIpc) is 3.12. The van der Waals surface area contributed by atoms with Crippen molar-refractivity contribution in [2.45, 2.75) is 38.1 Å². The van der Waals surface area contributed by atoms with Gasteiger partial charge in [-0.3, -0.25) is 5.01 Å². The van der Waals surface area contributed by atoms with Crippen molar-refractivity contribution in [1.82, 2.24) is 5.43 Å². The number of nitrogens with one attached hydrogen (secondary N) is 1. The molecule has 1 aliphatic carbocycles. The third kappa shape index (κ3) is 2.79. The summed E-state index contributed by atoms with van der Waals surface area (Å²) in [5.74, 6) is 0.491. The standard InChI is InChI=1S/C21H23FN2/c22-19-12-6-4-10-17(19)18-11-5-7-13-21(18)24-20(14-15-23-24)16-8-2-1-3-9-16/h4-7,10-16,20,23H,1-3,8-9H2. The van der Waals surface area contributed by atoms with Gasteiger partial charge in [0.2, 0.25) is 0 Å². The molecule has 0 aromatic heterocycles. The Morgan fingerprint density at radius 2 is 1.58 bits per heavy atom. The highest BCUT2D eigenvalue weighted by Crippen LogP contribution is 2.37. The molecule has 2 aromatic carbocycles. The topological polar surface area (TPSA) is 15.3 Å². The smallest absolute Gasteiger partial charge is 0.131 e. The molecule has 1 heterocycles. The van der Waals surface area contributed by atoms with Gasteiger partial charge in [0, 0.05) is 17.3 Å². The van der Waals surface area contributed by atoms with Crippen molar-refractivity contribution in [2.24, 2.45) is 5.92 Å². The van der Waals surface area contributed by atoms with Crippen molar-refractivity contribution in [3.05, 3.63) is 66.6 Å². The van der Waals surface area contributed by atoms with Crippen LogP contribution in [0.2, 0.25) is 0 Å². The Labute approximate surface area is 143 Å². The summed E-state index contributed by atoms with van der Waals surface area (Å²) in [6, 6.07) is 15.4. The van der Waals surface area contributed by atoms with Gasteiger partial charge in [-0.1, -0.05) is 55.7 Å². The summed E-state index contributed by atoms with van der Waals surface area (Å²) in [4.78, 5) is 0. The third-order valence-electron chi connectivity index (χ3n) is 5.27. The molecule has 1 atom stereocenters. The lowest BCUT2D eigenvalue weighted by molar-refractivity contribution is 0.323. The molecule has 2 nitrogen and oxygen atoms in total. The van der Waals surface area contributed by atoms with Crippen LogP contribution >= 0.6 is 0 Å². The number of nitrogens with zero attached hydrogens (tertiary/aromatic N) is 1. The number of hydrazine groups is 1. The molecule has 1 saturated carbocycles. The van der Waals surface area contributed by atoms with Crippen molar-refractivity contribution in [3.63, 3.8) is 0 Å². The minimum Gasteiger partial charge on any atom is -0.305 e. The van der Waals surface area contributed by atoms with Gasteiger partial charge in [-0.25, -0.2) is 4.39 Å². The highest BCUT2D eigenvalue weighted by Gasteiger charge is 2.31. The number of anilines is 1. The van der Waals surface area contributed by atoms with E-state index in [1.165, 1.54) is 38.2 Å². The largest absolute Gasteiger partial charge is 0.305 e. The average molecular weight is 322 g/mol. The van der Waals surface area contributed by atoms with Gasteiger partial charge in [0.05, 0.1) is 11.7 Å². The highest BCUT2D eigenvalue weighted by atomic mass is 19.1. The quantitative estimate of drug-likeness (QED) is 0.827. The van der Waals surface area contributed by atoms with Gasteiger partial charge in [0.1, 0.15) is 5.82 Å². The van der Waals surface area contributed by atoms with E-state index < -0.39 is 0 Å². The van der Waals surface area contributed by atoms with Gasteiger partial charge in [-0.15, -0.1) is 0 Å². The molecule has 0 radical (unpaired) electrons. The Morgan fingerprint density at radius 1 is 0.875 bits per heavy atom. The third-order valence-corrected chi connectivity index (χ3v) is 5.27. The molecule has 124 valence electrons. The lowest BCUT2D eigenvalue weighted by Crippen LogP contribution is -2.42. The zero-order valence-corrected chi connectivity index (χ0v) is 13.8. The Kier molecular flexibility index (Phi) is 4.24. The minimum absolute atomic E-state index is 0.175. The second-order valence-corrected chi connectivity index (χ2v) is 6.74. The van der Waals surface area contributed by atoms with E-state index in [1.54, 1.807) is 6.07 Å². The lowest BCUT2D eigenvalue weighted by Gasteiger charge is -2.35. The van der Waals surface area contributed by atoms with E-state index in [0.29, 0.717) is 17.5 Å². The molecule has 3 heteroatoms. The summed E-state index contributed by atoms with van der Waals surface area (Å²) >= 11 is 0. The van der Waals surface area contributed by atoms with Crippen LogP contribution in [0.3, 0.4) is 0 Å². The van der Waals surface area contributed by atoms with Crippen LogP contribution in [0.4, 0.5) is 10.1 Å². The summed E-state index contributed by atoms with van der Waals surface area (Å²) in [5, 5.41) is 2.22. The molecule has 2 aromatic rings. The maximum atomic E-state index is 14.3. The molecular weight excluding hydrogens is 299 g/mol. The van der Waals surface area contributed by atoms with E-state index in [1.807, 2.05) is 36.5 Å². The summed E-state index contributed by atoms with van der Waals surface area (Å²) in [7, 11) is 0. The van der Waals surface area contributed by atoms with Crippen molar-refractivity contribution in [2.75, 3.05) is 5.01 Å².